The number of carboxylic acid groups (broad SMARTS) is 1. The van der Waals surface area contributed by atoms with Crippen molar-refractivity contribution >= 4 is 11.8 Å². The largest absolute Gasteiger partial charge is 0.544 e. The van der Waals surface area contributed by atoms with Gasteiger partial charge >= 0.3 is 0 Å². The Hall–Kier alpha value is -1.46. The number of carbonyl (C=O) groups is 1. The number of amidine groups is 1. The number of rotatable bonds is 14. The number of unbranched alkanes of at least 4 members (excludes halogenated alkanes) is 7. The molecule has 142 valence electrons. The first-order valence-electron chi connectivity index (χ1n) is 9.75. The lowest BCUT2D eigenvalue weighted by atomic mass is 10.1. The molecule has 25 heavy (non-hydrogen) atoms. The zero-order valence-electron chi connectivity index (χ0n) is 16.0. The van der Waals surface area contributed by atoms with E-state index in [0.717, 1.165) is 25.1 Å². The summed E-state index contributed by atoms with van der Waals surface area (Å²) in [6.45, 7) is 3.90. The number of aliphatic imine (C=N–C) groups is 1. The molecule has 0 aromatic carbocycles. The van der Waals surface area contributed by atoms with Crippen LogP contribution in [-0.4, -0.2) is 29.0 Å². The van der Waals surface area contributed by atoms with Gasteiger partial charge in [-0.25, -0.2) is 9.48 Å². The van der Waals surface area contributed by atoms with Crippen LogP contribution >= 0.6 is 0 Å². The molecule has 0 aromatic heterocycles. The lowest BCUT2D eigenvalue weighted by Gasteiger charge is -2.36. The quantitative estimate of drug-likeness (QED) is 0.297. The Morgan fingerprint density at radius 2 is 1.84 bits per heavy atom. The van der Waals surface area contributed by atoms with Crippen molar-refractivity contribution in [3.8, 4) is 0 Å². The van der Waals surface area contributed by atoms with Gasteiger partial charge in [0.1, 0.15) is 18.9 Å². The second kappa shape index (κ2) is 12.0. The molecule has 0 aliphatic carbocycles. The predicted octanol–water partition coefficient (Wildman–Crippen LogP) is 3.22. The van der Waals surface area contributed by atoms with Crippen LogP contribution in [0.25, 0.3) is 0 Å². The van der Waals surface area contributed by atoms with Crippen molar-refractivity contribution in [3.63, 3.8) is 0 Å². The summed E-state index contributed by atoms with van der Waals surface area (Å²) in [7, 11) is 0. The van der Waals surface area contributed by atoms with Crippen molar-refractivity contribution in [2.75, 3.05) is 6.54 Å². The summed E-state index contributed by atoms with van der Waals surface area (Å²) < 4.78 is 0.102. The molecule has 2 atom stereocenters. The van der Waals surface area contributed by atoms with E-state index in [2.05, 4.69) is 24.1 Å². The van der Waals surface area contributed by atoms with E-state index in [4.69, 9.17) is 5.73 Å². The molecule has 2 N–H and O–H groups in total. The molecular formula is C20H35N3O2. The van der Waals surface area contributed by atoms with Crippen molar-refractivity contribution in [3.05, 3.63) is 24.6 Å². The van der Waals surface area contributed by atoms with Gasteiger partial charge in [-0.2, -0.15) is 0 Å². The highest BCUT2D eigenvalue weighted by Crippen LogP contribution is 2.23. The molecule has 2 unspecified atom stereocenters. The number of carboxylic acids is 1. The van der Waals surface area contributed by atoms with E-state index in [1.54, 1.807) is 12.4 Å². The van der Waals surface area contributed by atoms with Gasteiger partial charge in [-0.1, -0.05) is 51.2 Å². The standard InChI is InChI=1S/C20H35N3O2/c1-3-4-5-6-7-8-9-10-11-12-13-14-19-22-15-16-23(19,18(2)21)17-20(24)25/h6-7,15-16,18H,3-5,8-14,17,21H2,1-2H3/b7-6+. The zero-order valence-corrected chi connectivity index (χ0v) is 16.0. The van der Waals surface area contributed by atoms with Crippen LogP contribution in [0.15, 0.2) is 29.5 Å². The Balaban J connectivity index is 2.21. The molecule has 0 radical (unpaired) electrons. The molecule has 0 aromatic rings. The number of quaternary nitrogens is 1. The summed E-state index contributed by atoms with van der Waals surface area (Å²) in [5, 5.41) is 11.1. The van der Waals surface area contributed by atoms with Crippen molar-refractivity contribution < 1.29 is 14.4 Å². The Morgan fingerprint density at radius 3 is 2.48 bits per heavy atom. The minimum absolute atomic E-state index is 0.102. The first-order valence-corrected chi connectivity index (χ1v) is 9.75. The molecule has 0 saturated heterocycles. The van der Waals surface area contributed by atoms with Crippen molar-refractivity contribution in [1.29, 1.82) is 0 Å². The summed E-state index contributed by atoms with van der Waals surface area (Å²) in [5.74, 6) is -0.249. The molecule has 0 fully saturated rings. The molecule has 1 heterocycles. The Bertz CT molecular complexity index is 483. The van der Waals surface area contributed by atoms with E-state index in [1.807, 2.05) is 6.92 Å². The summed E-state index contributed by atoms with van der Waals surface area (Å²) >= 11 is 0. The van der Waals surface area contributed by atoms with E-state index in [0.29, 0.717) is 0 Å². The number of carbonyl (C=O) groups excluding carboxylic acids is 1. The fourth-order valence-electron chi connectivity index (χ4n) is 3.21. The van der Waals surface area contributed by atoms with E-state index in [-0.39, 0.29) is 17.2 Å². The number of nitrogens with two attached hydrogens (primary N) is 1. The Morgan fingerprint density at radius 1 is 1.20 bits per heavy atom. The normalized spacial score (nSPS) is 21.0. The molecule has 0 amide bonds. The second-order valence-corrected chi connectivity index (χ2v) is 6.96. The third-order valence-corrected chi connectivity index (χ3v) is 4.82. The Kier molecular flexibility index (Phi) is 10.3. The fraction of sp³-hybridized carbons (Fsp3) is 0.700. The molecule has 1 aliphatic heterocycles. The van der Waals surface area contributed by atoms with Gasteiger partial charge in [0.2, 0.25) is 5.84 Å². The number of aliphatic carboxylic acids is 1. The molecule has 0 saturated carbocycles. The van der Waals surface area contributed by atoms with Crippen molar-refractivity contribution in [1.82, 2.24) is 0 Å². The minimum atomic E-state index is -1.09. The van der Waals surface area contributed by atoms with E-state index in [9.17, 15) is 9.90 Å². The summed E-state index contributed by atoms with van der Waals surface area (Å²) in [6.07, 6.45) is 19.3. The van der Waals surface area contributed by atoms with Gasteiger partial charge in [-0.05, 0) is 25.7 Å². The van der Waals surface area contributed by atoms with Crippen LogP contribution in [-0.2, 0) is 4.79 Å². The molecule has 0 spiro atoms. The number of hydrogen-bond donors (Lipinski definition) is 1. The van der Waals surface area contributed by atoms with Crippen molar-refractivity contribution in [2.24, 2.45) is 10.7 Å². The van der Waals surface area contributed by atoms with Gasteiger partial charge < -0.3 is 9.90 Å². The summed E-state index contributed by atoms with van der Waals surface area (Å²) in [5.41, 5.74) is 6.04. The van der Waals surface area contributed by atoms with Gasteiger partial charge in [-0.3, -0.25) is 5.73 Å². The highest BCUT2D eigenvalue weighted by molar-refractivity contribution is 5.81. The lowest BCUT2D eigenvalue weighted by molar-refractivity contribution is -0.808. The van der Waals surface area contributed by atoms with Crippen LogP contribution in [0.4, 0.5) is 0 Å². The molecule has 0 bridgehead atoms. The Labute approximate surface area is 152 Å². The average Bonchev–Trinajstić information content (AvgIpc) is 2.96. The van der Waals surface area contributed by atoms with E-state index >= 15 is 0 Å². The van der Waals surface area contributed by atoms with Gasteiger partial charge in [0.15, 0.2) is 0 Å². The topological polar surface area (TPSA) is 78.5 Å². The highest BCUT2D eigenvalue weighted by atomic mass is 16.4. The van der Waals surface area contributed by atoms with Crippen LogP contribution in [0.5, 0.6) is 0 Å². The second-order valence-electron chi connectivity index (χ2n) is 6.96. The maximum absolute atomic E-state index is 11.1. The summed E-state index contributed by atoms with van der Waals surface area (Å²) in [6, 6.07) is 0. The molecule has 1 aliphatic rings. The first kappa shape index (κ1) is 21.6. The van der Waals surface area contributed by atoms with Crippen LogP contribution in [0, 0.1) is 0 Å². The minimum Gasteiger partial charge on any atom is -0.544 e. The fourth-order valence-corrected chi connectivity index (χ4v) is 3.21. The van der Waals surface area contributed by atoms with E-state index in [1.165, 1.54) is 44.9 Å². The van der Waals surface area contributed by atoms with Crippen LogP contribution < -0.4 is 10.8 Å². The number of hydrogen-bond acceptors (Lipinski definition) is 4. The van der Waals surface area contributed by atoms with E-state index < -0.39 is 5.97 Å². The number of nitrogens with zero attached hydrogens (tertiary/aromatic N) is 2. The monoisotopic (exact) mass is 349 g/mol. The average molecular weight is 350 g/mol. The first-order chi connectivity index (χ1) is 12.0. The van der Waals surface area contributed by atoms with Gasteiger partial charge in [-0.15, -0.1) is 0 Å². The number of allylic oxidation sites excluding steroid dienone is 2. The zero-order chi connectivity index (χ0) is 18.5. The van der Waals surface area contributed by atoms with Gasteiger partial charge in [0.05, 0.1) is 12.2 Å². The molecule has 1 rings (SSSR count). The third-order valence-electron chi connectivity index (χ3n) is 4.82. The van der Waals surface area contributed by atoms with Gasteiger partial charge in [0.25, 0.3) is 0 Å². The summed E-state index contributed by atoms with van der Waals surface area (Å²) in [4.78, 5) is 15.5. The van der Waals surface area contributed by atoms with Gasteiger partial charge in [0, 0.05) is 13.3 Å². The molecule has 5 heteroatoms. The molecular weight excluding hydrogens is 314 g/mol. The molecule has 5 nitrogen and oxygen atoms in total. The van der Waals surface area contributed by atoms with Crippen molar-refractivity contribution in [2.45, 2.75) is 84.2 Å². The lowest BCUT2D eigenvalue weighted by Crippen LogP contribution is -2.60. The van der Waals surface area contributed by atoms with Crippen LogP contribution in [0.2, 0.25) is 0 Å². The maximum Gasteiger partial charge on any atom is 0.209 e. The van der Waals surface area contributed by atoms with Crippen LogP contribution in [0.3, 0.4) is 0 Å². The third kappa shape index (κ3) is 7.53. The smallest absolute Gasteiger partial charge is 0.209 e. The predicted molar refractivity (Wildman–Crippen MR) is 101 cm³/mol. The SMILES string of the molecule is CCCC/C=C/CCCCCCCC1=NC=C[N+]1(CC(=O)[O-])C(C)N. The highest BCUT2D eigenvalue weighted by Gasteiger charge is 2.38. The maximum atomic E-state index is 11.1. The van der Waals surface area contributed by atoms with Crippen LogP contribution in [0.1, 0.15) is 78.1 Å².